The van der Waals surface area contributed by atoms with Gasteiger partial charge in [0.05, 0.1) is 11.9 Å². The number of anilines is 1. The van der Waals surface area contributed by atoms with Crippen LogP contribution in [0.3, 0.4) is 0 Å². The van der Waals surface area contributed by atoms with Gasteiger partial charge in [0.1, 0.15) is 5.02 Å². The average Bonchev–Trinajstić information content (AvgIpc) is 2.44. The second-order valence-corrected chi connectivity index (χ2v) is 5.41. The first kappa shape index (κ1) is 14.0. The van der Waals surface area contributed by atoms with E-state index >= 15 is 0 Å². The van der Waals surface area contributed by atoms with Crippen LogP contribution in [0.4, 0.5) is 5.69 Å². The van der Waals surface area contributed by atoms with E-state index in [1.807, 2.05) is 18.2 Å². The Morgan fingerprint density at radius 2 is 2.11 bits per heavy atom. The van der Waals surface area contributed by atoms with E-state index in [2.05, 4.69) is 27.6 Å². The minimum absolute atomic E-state index is 0.158. The van der Waals surface area contributed by atoms with Gasteiger partial charge in [-0.25, -0.2) is 5.10 Å². The van der Waals surface area contributed by atoms with Gasteiger partial charge in [0.25, 0.3) is 5.56 Å². The molecule has 100 valence electrons. The van der Waals surface area contributed by atoms with E-state index in [9.17, 15) is 4.79 Å². The van der Waals surface area contributed by atoms with Crippen molar-refractivity contribution in [2.24, 2.45) is 0 Å². The molecule has 2 N–H and O–H groups in total. The fourth-order valence-electron chi connectivity index (χ4n) is 1.51. The molecule has 2 rings (SSSR count). The van der Waals surface area contributed by atoms with Gasteiger partial charge in [-0.2, -0.15) is 5.10 Å². The lowest BCUT2D eigenvalue weighted by Gasteiger charge is -2.06. The molecule has 0 atom stereocenters. The van der Waals surface area contributed by atoms with Crippen molar-refractivity contribution in [1.29, 1.82) is 0 Å². The fourth-order valence-corrected chi connectivity index (χ4v) is 2.54. The number of nitrogens with one attached hydrogen (secondary N) is 2. The molecular formula is C13H14ClN3OS. The third-order valence-electron chi connectivity index (χ3n) is 2.44. The van der Waals surface area contributed by atoms with Gasteiger partial charge in [-0.1, -0.05) is 29.8 Å². The van der Waals surface area contributed by atoms with E-state index in [1.54, 1.807) is 11.8 Å². The van der Waals surface area contributed by atoms with Crippen molar-refractivity contribution in [3.63, 3.8) is 0 Å². The van der Waals surface area contributed by atoms with Gasteiger partial charge in [-0.05, 0) is 24.3 Å². The monoisotopic (exact) mass is 295 g/mol. The van der Waals surface area contributed by atoms with Crippen LogP contribution in [0.5, 0.6) is 0 Å². The molecule has 0 radical (unpaired) electrons. The summed E-state index contributed by atoms with van der Waals surface area (Å²) in [7, 11) is 0. The number of aromatic amines is 1. The summed E-state index contributed by atoms with van der Waals surface area (Å²) >= 11 is 7.66. The van der Waals surface area contributed by atoms with Crippen LogP contribution >= 0.6 is 23.4 Å². The SMILES string of the molecule is O=c1[nH]ncc(NCCCSc2ccccc2)c1Cl. The van der Waals surface area contributed by atoms with Crippen LogP contribution in [0, 0.1) is 0 Å². The standard InChI is InChI=1S/C13H14ClN3OS/c14-12-11(9-16-17-13(12)18)15-7-4-8-19-10-5-2-1-3-6-10/h1-3,5-6,9H,4,7-8H2,(H2,15,17,18). The molecule has 0 amide bonds. The Hall–Kier alpha value is -1.46. The van der Waals surface area contributed by atoms with E-state index in [-0.39, 0.29) is 10.6 Å². The fraction of sp³-hybridized carbons (Fsp3) is 0.231. The topological polar surface area (TPSA) is 57.8 Å². The number of hydrogen-bond acceptors (Lipinski definition) is 4. The van der Waals surface area contributed by atoms with Crippen molar-refractivity contribution >= 4 is 29.1 Å². The van der Waals surface area contributed by atoms with E-state index in [1.165, 1.54) is 11.1 Å². The lowest BCUT2D eigenvalue weighted by atomic mass is 10.4. The Balaban J connectivity index is 1.72. The zero-order valence-corrected chi connectivity index (χ0v) is 11.8. The van der Waals surface area contributed by atoms with Crippen molar-refractivity contribution in [3.8, 4) is 0 Å². The molecule has 0 fully saturated rings. The summed E-state index contributed by atoms with van der Waals surface area (Å²) in [5.74, 6) is 1.01. The Morgan fingerprint density at radius 1 is 1.32 bits per heavy atom. The number of rotatable bonds is 6. The largest absolute Gasteiger partial charge is 0.382 e. The molecule has 0 spiro atoms. The normalized spacial score (nSPS) is 10.4. The molecule has 0 saturated carbocycles. The lowest BCUT2D eigenvalue weighted by Crippen LogP contribution is -2.12. The van der Waals surface area contributed by atoms with Crippen LogP contribution in [0.2, 0.25) is 5.02 Å². The van der Waals surface area contributed by atoms with Crippen molar-refractivity contribution in [1.82, 2.24) is 10.2 Å². The highest BCUT2D eigenvalue weighted by Crippen LogP contribution is 2.18. The van der Waals surface area contributed by atoms with E-state index in [0.717, 1.165) is 18.7 Å². The van der Waals surface area contributed by atoms with Crippen molar-refractivity contribution in [3.05, 3.63) is 51.9 Å². The number of nitrogens with zero attached hydrogens (tertiary/aromatic N) is 1. The molecule has 0 aliphatic carbocycles. The third-order valence-corrected chi connectivity index (χ3v) is 3.92. The molecule has 0 saturated heterocycles. The van der Waals surface area contributed by atoms with Crippen LogP contribution in [-0.4, -0.2) is 22.5 Å². The van der Waals surface area contributed by atoms with Gasteiger partial charge in [-0.15, -0.1) is 11.8 Å². The van der Waals surface area contributed by atoms with Crippen LogP contribution in [-0.2, 0) is 0 Å². The first-order chi connectivity index (χ1) is 9.27. The zero-order valence-electron chi connectivity index (χ0n) is 10.2. The molecule has 1 aromatic carbocycles. The minimum atomic E-state index is -0.370. The lowest BCUT2D eigenvalue weighted by molar-refractivity contribution is 0.958. The summed E-state index contributed by atoms with van der Waals surface area (Å²) in [6, 6.07) is 10.3. The second-order valence-electron chi connectivity index (χ2n) is 3.87. The van der Waals surface area contributed by atoms with E-state index in [0.29, 0.717) is 5.69 Å². The quantitative estimate of drug-likeness (QED) is 0.635. The summed E-state index contributed by atoms with van der Waals surface area (Å²) in [5, 5.41) is 9.25. The summed E-state index contributed by atoms with van der Waals surface area (Å²) in [4.78, 5) is 12.5. The summed E-state index contributed by atoms with van der Waals surface area (Å²) in [6.07, 6.45) is 2.50. The number of H-pyrrole nitrogens is 1. The number of benzene rings is 1. The van der Waals surface area contributed by atoms with Crippen molar-refractivity contribution in [2.75, 3.05) is 17.6 Å². The molecule has 0 aliphatic heterocycles. The van der Waals surface area contributed by atoms with Crippen LogP contribution in [0.15, 0.2) is 46.2 Å². The van der Waals surface area contributed by atoms with Crippen LogP contribution < -0.4 is 10.9 Å². The number of aromatic nitrogens is 2. The Labute approximate surface area is 120 Å². The maximum atomic E-state index is 11.2. The maximum absolute atomic E-state index is 11.2. The van der Waals surface area contributed by atoms with Gasteiger partial charge < -0.3 is 5.32 Å². The molecule has 1 heterocycles. The van der Waals surface area contributed by atoms with Gasteiger partial charge in [-0.3, -0.25) is 4.79 Å². The smallest absolute Gasteiger partial charge is 0.285 e. The highest BCUT2D eigenvalue weighted by Gasteiger charge is 2.03. The second kappa shape index (κ2) is 7.21. The number of hydrogen-bond donors (Lipinski definition) is 2. The highest BCUT2D eigenvalue weighted by molar-refractivity contribution is 7.99. The van der Waals surface area contributed by atoms with Gasteiger partial charge in [0.15, 0.2) is 0 Å². The average molecular weight is 296 g/mol. The molecular weight excluding hydrogens is 282 g/mol. The predicted octanol–water partition coefficient (Wildman–Crippen LogP) is 3.02. The molecule has 0 unspecified atom stereocenters. The Morgan fingerprint density at radius 3 is 2.89 bits per heavy atom. The molecule has 19 heavy (non-hydrogen) atoms. The molecule has 2 aromatic rings. The zero-order chi connectivity index (χ0) is 13.5. The van der Waals surface area contributed by atoms with Gasteiger partial charge >= 0.3 is 0 Å². The third kappa shape index (κ3) is 4.29. The van der Waals surface area contributed by atoms with E-state index in [4.69, 9.17) is 11.6 Å². The first-order valence-electron chi connectivity index (χ1n) is 5.92. The van der Waals surface area contributed by atoms with Crippen molar-refractivity contribution < 1.29 is 0 Å². The molecule has 0 bridgehead atoms. The maximum Gasteiger partial charge on any atom is 0.285 e. The van der Waals surface area contributed by atoms with E-state index < -0.39 is 0 Å². The van der Waals surface area contributed by atoms with Crippen LogP contribution in [0.25, 0.3) is 0 Å². The van der Waals surface area contributed by atoms with Crippen molar-refractivity contribution in [2.45, 2.75) is 11.3 Å². The Bertz CT molecular complexity index is 574. The Kier molecular flexibility index (Phi) is 5.30. The van der Waals surface area contributed by atoms with Crippen LogP contribution in [0.1, 0.15) is 6.42 Å². The van der Waals surface area contributed by atoms with Gasteiger partial charge in [0.2, 0.25) is 0 Å². The minimum Gasteiger partial charge on any atom is -0.382 e. The van der Waals surface area contributed by atoms with Gasteiger partial charge in [0, 0.05) is 11.4 Å². The summed E-state index contributed by atoms with van der Waals surface area (Å²) < 4.78 is 0. The number of thioether (sulfide) groups is 1. The molecule has 0 aliphatic rings. The summed E-state index contributed by atoms with van der Waals surface area (Å²) in [5.41, 5.74) is 0.209. The predicted molar refractivity (Wildman–Crippen MR) is 80.1 cm³/mol. The molecule has 6 heteroatoms. The molecule has 4 nitrogen and oxygen atoms in total. The summed E-state index contributed by atoms with van der Waals surface area (Å²) in [6.45, 7) is 0.755. The number of halogens is 1. The molecule has 1 aromatic heterocycles. The highest BCUT2D eigenvalue weighted by atomic mass is 35.5. The first-order valence-corrected chi connectivity index (χ1v) is 7.28.